The standard InChI is InChI=1S/C14H13BrFNO3S/c1-17(13-5-3-4-6-14(13)20-2)21(18,19)10-7-8-11(15)12(16)9-10/h3-9H,1-2H3. The lowest BCUT2D eigenvalue weighted by molar-refractivity contribution is 0.416. The van der Waals surface area contributed by atoms with Crippen LogP contribution in [0.15, 0.2) is 51.8 Å². The molecule has 0 saturated carbocycles. The summed E-state index contributed by atoms with van der Waals surface area (Å²) in [6.45, 7) is 0. The van der Waals surface area contributed by atoms with Crippen LogP contribution in [0.4, 0.5) is 10.1 Å². The van der Waals surface area contributed by atoms with Gasteiger partial charge in [0.15, 0.2) is 0 Å². The maximum atomic E-state index is 13.6. The van der Waals surface area contributed by atoms with E-state index in [0.717, 1.165) is 10.4 Å². The Bertz CT molecular complexity index is 765. The summed E-state index contributed by atoms with van der Waals surface area (Å²) in [6, 6.07) is 10.4. The number of hydrogen-bond acceptors (Lipinski definition) is 3. The average Bonchev–Trinajstić information content (AvgIpc) is 2.49. The molecule has 2 aromatic rings. The highest BCUT2D eigenvalue weighted by molar-refractivity contribution is 9.10. The molecule has 21 heavy (non-hydrogen) atoms. The van der Waals surface area contributed by atoms with Crippen molar-refractivity contribution in [2.24, 2.45) is 0 Å². The van der Waals surface area contributed by atoms with Crippen molar-refractivity contribution in [1.82, 2.24) is 0 Å². The van der Waals surface area contributed by atoms with Crippen molar-refractivity contribution in [2.75, 3.05) is 18.5 Å². The number of methoxy groups -OCH3 is 1. The Balaban J connectivity index is 2.50. The number of rotatable bonds is 4. The van der Waals surface area contributed by atoms with Gasteiger partial charge in [-0.05, 0) is 46.3 Å². The number of sulfonamides is 1. The van der Waals surface area contributed by atoms with Crippen LogP contribution in [0.25, 0.3) is 0 Å². The summed E-state index contributed by atoms with van der Waals surface area (Å²) in [5, 5.41) is 0. The first-order valence-corrected chi connectivity index (χ1v) is 8.18. The summed E-state index contributed by atoms with van der Waals surface area (Å²) in [4.78, 5) is -0.128. The molecule has 0 aliphatic rings. The summed E-state index contributed by atoms with van der Waals surface area (Å²) in [7, 11) is -1.02. The second-order valence-corrected chi connectivity index (χ2v) is 7.04. The van der Waals surface area contributed by atoms with E-state index < -0.39 is 15.8 Å². The van der Waals surface area contributed by atoms with Crippen LogP contribution in [0.1, 0.15) is 0 Å². The Morgan fingerprint density at radius 3 is 2.48 bits per heavy atom. The van der Waals surface area contributed by atoms with E-state index in [2.05, 4.69) is 15.9 Å². The third kappa shape index (κ3) is 3.03. The number of ether oxygens (including phenoxy) is 1. The number of nitrogens with zero attached hydrogens (tertiary/aromatic N) is 1. The quantitative estimate of drug-likeness (QED) is 0.824. The van der Waals surface area contributed by atoms with Gasteiger partial charge in [0.2, 0.25) is 0 Å². The van der Waals surface area contributed by atoms with E-state index in [0.29, 0.717) is 11.4 Å². The van der Waals surface area contributed by atoms with E-state index in [1.54, 1.807) is 24.3 Å². The molecule has 0 bridgehead atoms. The van der Waals surface area contributed by atoms with Crippen molar-refractivity contribution in [3.8, 4) is 5.75 Å². The summed E-state index contributed by atoms with van der Waals surface area (Å²) >= 11 is 3.00. The first-order valence-electron chi connectivity index (χ1n) is 5.95. The van der Waals surface area contributed by atoms with Crippen molar-refractivity contribution < 1.29 is 17.5 Å². The van der Waals surface area contributed by atoms with Crippen LogP contribution in [0, 0.1) is 5.82 Å². The Morgan fingerprint density at radius 1 is 1.19 bits per heavy atom. The zero-order valence-electron chi connectivity index (χ0n) is 11.4. The lowest BCUT2D eigenvalue weighted by Crippen LogP contribution is -2.27. The number of para-hydroxylation sites is 2. The molecular weight excluding hydrogens is 361 g/mol. The van der Waals surface area contributed by atoms with Gasteiger partial charge in [0, 0.05) is 7.05 Å². The van der Waals surface area contributed by atoms with Crippen LogP contribution < -0.4 is 9.04 Å². The molecule has 0 N–H and O–H groups in total. The summed E-state index contributed by atoms with van der Waals surface area (Å²) in [5.41, 5.74) is 0.378. The molecule has 0 aromatic heterocycles. The number of hydrogen-bond donors (Lipinski definition) is 0. The zero-order chi connectivity index (χ0) is 15.6. The topological polar surface area (TPSA) is 46.6 Å². The van der Waals surface area contributed by atoms with Gasteiger partial charge in [0.05, 0.1) is 22.2 Å². The van der Waals surface area contributed by atoms with E-state index in [-0.39, 0.29) is 9.37 Å². The van der Waals surface area contributed by atoms with Gasteiger partial charge in [-0.15, -0.1) is 0 Å². The van der Waals surface area contributed by atoms with Gasteiger partial charge < -0.3 is 4.74 Å². The van der Waals surface area contributed by atoms with Crippen LogP contribution >= 0.6 is 15.9 Å². The van der Waals surface area contributed by atoms with Crippen LogP contribution in [-0.2, 0) is 10.0 Å². The molecule has 0 heterocycles. The molecule has 0 amide bonds. The molecule has 7 heteroatoms. The minimum Gasteiger partial charge on any atom is -0.495 e. The normalized spacial score (nSPS) is 11.2. The monoisotopic (exact) mass is 373 g/mol. The van der Waals surface area contributed by atoms with Crippen LogP contribution in [0.2, 0.25) is 0 Å². The van der Waals surface area contributed by atoms with E-state index in [4.69, 9.17) is 4.74 Å². The first kappa shape index (κ1) is 15.8. The Hall–Kier alpha value is -1.60. The van der Waals surface area contributed by atoms with Crippen molar-refractivity contribution in [1.29, 1.82) is 0 Å². The van der Waals surface area contributed by atoms with Crippen molar-refractivity contribution in [2.45, 2.75) is 4.90 Å². The second-order valence-electron chi connectivity index (χ2n) is 4.22. The molecule has 0 radical (unpaired) electrons. The first-order chi connectivity index (χ1) is 9.87. The molecule has 0 unspecified atom stereocenters. The maximum Gasteiger partial charge on any atom is 0.264 e. The van der Waals surface area contributed by atoms with Gasteiger partial charge in [-0.3, -0.25) is 4.31 Å². The molecule has 0 saturated heterocycles. The Kier molecular flexibility index (Phi) is 4.53. The molecule has 0 aliphatic carbocycles. The zero-order valence-corrected chi connectivity index (χ0v) is 13.8. The summed E-state index contributed by atoms with van der Waals surface area (Å²) in [5.74, 6) is -0.217. The smallest absolute Gasteiger partial charge is 0.264 e. The molecule has 4 nitrogen and oxygen atoms in total. The van der Waals surface area contributed by atoms with E-state index >= 15 is 0 Å². The maximum absolute atomic E-state index is 13.6. The number of anilines is 1. The predicted molar refractivity (Wildman–Crippen MR) is 82.7 cm³/mol. The third-order valence-electron chi connectivity index (χ3n) is 2.97. The predicted octanol–water partition coefficient (Wildman–Crippen LogP) is 3.42. The fraction of sp³-hybridized carbons (Fsp3) is 0.143. The minimum absolute atomic E-state index is 0.128. The van der Waals surface area contributed by atoms with Gasteiger partial charge in [0.25, 0.3) is 10.0 Å². The summed E-state index contributed by atoms with van der Waals surface area (Å²) in [6.07, 6.45) is 0. The van der Waals surface area contributed by atoms with Crippen LogP contribution in [0.3, 0.4) is 0 Å². The van der Waals surface area contributed by atoms with E-state index in [9.17, 15) is 12.8 Å². The van der Waals surface area contributed by atoms with Crippen molar-refractivity contribution >= 4 is 31.6 Å². The SMILES string of the molecule is COc1ccccc1N(C)S(=O)(=O)c1ccc(Br)c(F)c1. The van der Waals surface area contributed by atoms with Gasteiger partial charge in [0.1, 0.15) is 11.6 Å². The van der Waals surface area contributed by atoms with E-state index in [1.165, 1.54) is 26.3 Å². The molecule has 112 valence electrons. The molecule has 0 aliphatic heterocycles. The molecule has 0 spiro atoms. The minimum atomic E-state index is -3.87. The summed E-state index contributed by atoms with van der Waals surface area (Å²) < 4.78 is 45.1. The highest BCUT2D eigenvalue weighted by atomic mass is 79.9. The van der Waals surface area contributed by atoms with Crippen LogP contribution in [-0.4, -0.2) is 22.6 Å². The molecular formula is C14H13BrFNO3S. The van der Waals surface area contributed by atoms with Crippen molar-refractivity contribution in [3.05, 3.63) is 52.8 Å². The molecule has 2 rings (SSSR count). The molecule has 0 atom stereocenters. The lowest BCUT2D eigenvalue weighted by Gasteiger charge is -2.21. The Morgan fingerprint density at radius 2 is 1.86 bits per heavy atom. The van der Waals surface area contributed by atoms with Crippen molar-refractivity contribution in [3.63, 3.8) is 0 Å². The van der Waals surface area contributed by atoms with Gasteiger partial charge in [-0.2, -0.15) is 0 Å². The van der Waals surface area contributed by atoms with E-state index in [1.807, 2.05) is 0 Å². The largest absolute Gasteiger partial charge is 0.495 e. The van der Waals surface area contributed by atoms with Gasteiger partial charge >= 0.3 is 0 Å². The molecule has 0 fully saturated rings. The Labute approximate surface area is 131 Å². The second kappa shape index (κ2) is 6.03. The lowest BCUT2D eigenvalue weighted by atomic mass is 10.3. The number of halogens is 2. The van der Waals surface area contributed by atoms with Gasteiger partial charge in [-0.25, -0.2) is 12.8 Å². The van der Waals surface area contributed by atoms with Crippen LogP contribution in [0.5, 0.6) is 5.75 Å². The highest BCUT2D eigenvalue weighted by Crippen LogP contribution is 2.31. The number of benzene rings is 2. The third-order valence-corrected chi connectivity index (χ3v) is 5.38. The highest BCUT2D eigenvalue weighted by Gasteiger charge is 2.24. The fourth-order valence-electron chi connectivity index (χ4n) is 1.81. The van der Waals surface area contributed by atoms with Gasteiger partial charge in [-0.1, -0.05) is 12.1 Å². The molecule has 2 aromatic carbocycles. The fourth-order valence-corrected chi connectivity index (χ4v) is 3.28. The average molecular weight is 374 g/mol.